The van der Waals surface area contributed by atoms with E-state index in [1.165, 1.54) is 0 Å². The molecular formula is C13H18N2O4. The van der Waals surface area contributed by atoms with Crippen LogP contribution in [0, 0.1) is 12.8 Å². The Labute approximate surface area is 111 Å². The van der Waals surface area contributed by atoms with E-state index in [1.807, 2.05) is 6.92 Å². The van der Waals surface area contributed by atoms with Crippen LogP contribution in [0.1, 0.15) is 42.1 Å². The van der Waals surface area contributed by atoms with Crippen molar-refractivity contribution in [2.24, 2.45) is 5.92 Å². The molecule has 104 valence electrons. The zero-order chi connectivity index (χ0) is 14.2. The molecule has 0 spiro atoms. The third-order valence-electron chi connectivity index (χ3n) is 3.82. The lowest BCUT2D eigenvalue weighted by Crippen LogP contribution is -2.38. The standard InChI is InChI=1S/C13H18N2O4/c1-4-10-11(8(3)19-14-10)12(16)15-6-5-9(7(15)2)13(17)18/h7,9H,4-6H2,1-3H3,(H,17,18). The highest BCUT2D eigenvalue weighted by Crippen LogP contribution is 2.27. The van der Waals surface area contributed by atoms with E-state index >= 15 is 0 Å². The highest BCUT2D eigenvalue weighted by atomic mass is 16.5. The summed E-state index contributed by atoms with van der Waals surface area (Å²) in [5, 5.41) is 13.0. The third kappa shape index (κ3) is 2.22. The summed E-state index contributed by atoms with van der Waals surface area (Å²) in [5.41, 5.74) is 1.12. The summed E-state index contributed by atoms with van der Waals surface area (Å²) < 4.78 is 5.06. The third-order valence-corrected chi connectivity index (χ3v) is 3.82. The van der Waals surface area contributed by atoms with Crippen LogP contribution in [-0.4, -0.2) is 39.6 Å². The van der Waals surface area contributed by atoms with Crippen molar-refractivity contribution in [1.82, 2.24) is 10.1 Å². The SMILES string of the molecule is CCc1noc(C)c1C(=O)N1CCC(C(=O)O)C1C. The van der Waals surface area contributed by atoms with Gasteiger partial charge in [0.1, 0.15) is 11.3 Å². The second kappa shape index (κ2) is 5.03. The molecule has 0 aliphatic carbocycles. The molecule has 1 aliphatic rings. The predicted molar refractivity (Wildman–Crippen MR) is 66.9 cm³/mol. The average molecular weight is 266 g/mol. The first-order valence-electron chi connectivity index (χ1n) is 6.46. The van der Waals surface area contributed by atoms with E-state index in [-0.39, 0.29) is 11.9 Å². The fourth-order valence-electron chi connectivity index (χ4n) is 2.63. The first-order chi connectivity index (χ1) is 8.97. The summed E-state index contributed by atoms with van der Waals surface area (Å²) in [5.74, 6) is -1.02. The van der Waals surface area contributed by atoms with Crippen molar-refractivity contribution in [3.63, 3.8) is 0 Å². The van der Waals surface area contributed by atoms with Crippen LogP contribution in [-0.2, 0) is 11.2 Å². The number of hydrogen-bond donors (Lipinski definition) is 1. The quantitative estimate of drug-likeness (QED) is 0.895. The van der Waals surface area contributed by atoms with Gasteiger partial charge in [0.25, 0.3) is 5.91 Å². The molecule has 6 nitrogen and oxygen atoms in total. The van der Waals surface area contributed by atoms with Gasteiger partial charge in [-0.15, -0.1) is 0 Å². The molecule has 6 heteroatoms. The van der Waals surface area contributed by atoms with Crippen molar-refractivity contribution in [2.75, 3.05) is 6.54 Å². The summed E-state index contributed by atoms with van der Waals surface area (Å²) in [6.45, 7) is 5.85. The molecular weight excluding hydrogens is 248 g/mol. The molecule has 1 fully saturated rings. The lowest BCUT2D eigenvalue weighted by molar-refractivity contribution is -0.142. The minimum atomic E-state index is -0.847. The van der Waals surface area contributed by atoms with Crippen LogP contribution in [0.4, 0.5) is 0 Å². The summed E-state index contributed by atoms with van der Waals surface area (Å²) in [7, 11) is 0. The van der Waals surface area contributed by atoms with Crippen LogP contribution in [0.3, 0.4) is 0 Å². The molecule has 1 aliphatic heterocycles. The minimum absolute atomic E-state index is 0.174. The van der Waals surface area contributed by atoms with Crippen molar-refractivity contribution in [2.45, 2.75) is 39.7 Å². The average Bonchev–Trinajstić information content (AvgIpc) is 2.91. The topological polar surface area (TPSA) is 83.6 Å². The molecule has 1 aromatic heterocycles. The Morgan fingerprint density at radius 3 is 2.74 bits per heavy atom. The molecule has 2 atom stereocenters. The van der Waals surface area contributed by atoms with Crippen LogP contribution >= 0.6 is 0 Å². The van der Waals surface area contributed by atoms with Gasteiger partial charge >= 0.3 is 5.97 Å². The maximum Gasteiger partial charge on any atom is 0.308 e. The molecule has 1 saturated heterocycles. The van der Waals surface area contributed by atoms with E-state index in [4.69, 9.17) is 9.63 Å². The van der Waals surface area contributed by atoms with Crippen molar-refractivity contribution in [3.05, 3.63) is 17.0 Å². The number of rotatable bonds is 3. The van der Waals surface area contributed by atoms with Gasteiger partial charge < -0.3 is 14.5 Å². The second-order valence-corrected chi connectivity index (χ2v) is 4.89. The number of aryl methyl sites for hydroxylation is 2. The molecule has 0 saturated carbocycles. The zero-order valence-electron chi connectivity index (χ0n) is 11.3. The lowest BCUT2D eigenvalue weighted by atomic mass is 10.0. The molecule has 0 bridgehead atoms. The smallest absolute Gasteiger partial charge is 0.308 e. The Hall–Kier alpha value is -1.85. The number of likely N-dealkylation sites (tertiary alicyclic amines) is 1. The maximum atomic E-state index is 12.5. The van der Waals surface area contributed by atoms with E-state index in [0.29, 0.717) is 36.4 Å². The molecule has 2 unspecified atom stereocenters. The largest absolute Gasteiger partial charge is 0.481 e. The number of aromatic nitrogens is 1. The number of aliphatic carboxylic acids is 1. The van der Waals surface area contributed by atoms with Crippen molar-refractivity contribution < 1.29 is 19.2 Å². The summed E-state index contributed by atoms with van der Waals surface area (Å²) in [6.07, 6.45) is 1.11. The molecule has 1 amide bonds. The fraction of sp³-hybridized carbons (Fsp3) is 0.615. The van der Waals surface area contributed by atoms with E-state index in [9.17, 15) is 9.59 Å². The van der Waals surface area contributed by atoms with Crippen molar-refractivity contribution in [3.8, 4) is 0 Å². The zero-order valence-corrected chi connectivity index (χ0v) is 11.3. The van der Waals surface area contributed by atoms with Gasteiger partial charge in [-0.25, -0.2) is 0 Å². The van der Waals surface area contributed by atoms with E-state index < -0.39 is 11.9 Å². The van der Waals surface area contributed by atoms with Gasteiger partial charge in [0.05, 0.1) is 11.6 Å². The predicted octanol–water partition coefficient (Wildman–Crippen LogP) is 1.48. The molecule has 2 rings (SSSR count). The van der Waals surface area contributed by atoms with Gasteiger partial charge in [-0.05, 0) is 26.7 Å². The monoisotopic (exact) mass is 266 g/mol. The van der Waals surface area contributed by atoms with Crippen LogP contribution in [0.2, 0.25) is 0 Å². The molecule has 0 radical (unpaired) electrons. The number of carbonyl (C=O) groups excluding carboxylic acids is 1. The van der Waals surface area contributed by atoms with Crippen LogP contribution in [0.15, 0.2) is 4.52 Å². The van der Waals surface area contributed by atoms with E-state index in [0.717, 1.165) is 0 Å². The highest BCUT2D eigenvalue weighted by Gasteiger charge is 2.39. The lowest BCUT2D eigenvalue weighted by Gasteiger charge is -2.23. The van der Waals surface area contributed by atoms with Crippen LogP contribution < -0.4 is 0 Å². The summed E-state index contributed by atoms with van der Waals surface area (Å²) in [4.78, 5) is 25.2. The van der Waals surface area contributed by atoms with Crippen molar-refractivity contribution >= 4 is 11.9 Å². The number of carboxylic acids is 1. The van der Waals surface area contributed by atoms with Gasteiger partial charge in [-0.1, -0.05) is 12.1 Å². The Kier molecular flexibility index (Phi) is 3.59. The van der Waals surface area contributed by atoms with Gasteiger partial charge in [-0.2, -0.15) is 0 Å². The highest BCUT2D eigenvalue weighted by molar-refractivity contribution is 5.97. The summed E-state index contributed by atoms with van der Waals surface area (Å²) >= 11 is 0. The minimum Gasteiger partial charge on any atom is -0.481 e. The normalized spacial score (nSPS) is 22.8. The van der Waals surface area contributed by atoms with Gasteiger partial charge in [-0.3, -0.25) is 9.59 Å². The van der Waals surface area contributed by atoms with E-state index in [1.54, 1.807) is 18.7 Å². The Morgan fingerprint density at radius 2 is 2.21 bits per heavy atom. The van der Waals surface area contributed by atoms with Crippen LogP contribution in [0.5, 0.6) is 0 Å². The number of nitrogens with zero attached hydrogens (tertiary/aromatic N) is 2. The number of amides is 1. The first-order valence-corrected chi connectivity index (χ1v) is 6.46. The Balaban J connectivity index is 2.26. The fourth-order valence-corrected chi connectivity index (χ4v) is 2.63. The summed E-state index contributed by atoms with van der Waals surface area (Å²) in [6, 6.07) is -0.302. The van der Waals surface area contributed by atoms with Crippen LogP contribution in [0.25, 0.3) is 0 Å². The molecule has 2 heterocycles. The molecule has 1 N–H and O–H groups in total. The van der Waals surface area contributed by atoms with Crippen molar-refractivity contribution in [1.29, 1.82) is 0 Å². The molecule has 1 aromatic rings. The van der Waals surface area contributed by atoms with Gasteiger partial charge in [0.15, 0.2) is 0 Å². The Morgan fingerprint density at radius 1 is 1.53 bits per heavy atom. The molecule has 19 heavy (non-hydrogen) atoms. The maximum absolute atomic E-state index is 12.5. The Bertz CT molecular complexity index is 509. The van der Waals surface area contributed by atoms with Gasteiger partial charge in [0, 0.05) is 12.6 Å². The first kappa shape index (κ1) is 13.6. The van der Waals surface area contributed by atoms with Gasteiger partial charge in [0.2, 0.25) is 0 Å². The van der Waals surface area contributed by atoms with E-state index in [2.05, 4.69) is 5.16 Å². The second-order valence-electron chi connectivity index (χ2n) is 4.89. The molecule has 0 aromatic carbocycles. The number of carbonyl (C=O) groups is 2. The number of carboxylic acid groups (broad SMARTS) is 1. The number of hydrogen-bond acceptors (Lipinski definition) is 4.